The van der Waals surface area contributed by atoms with Crippen molar-refractivity contribution < 1.29 is 13.2 Å². The molecule has 0 amide bonds. The van der Waals surface area contributed by atoms with Gasteiger partial charge < -0.3 is 5.32 Å². The summed E-state index contributed by atoms with van der Waals surface area (Å²) in [6.07, 6.45) is -2.36. The van der Waals surface area contributed by atoms with Crippen LogP contribution in [0.1, 0.15) is 40.0 Å². The van der Waals surface area contributed by atoms with Crippen LogP contribution < -0.4 is 5.32 Å². The minimum atomic E-state index is -4.14. The van der Waals surface area contributed by atoms with Crippen LogP contribution in [0.5, 0.6) is 0 Å². The van der Waals surface area contributed by atoms with Gasteiger partial charge in [0, 0.05) is 0 Å². The van der Waals surface area contributed by atoms with Crippen LogP contribution in [0.4, 0.5) is 13.2 Å². The second-order valence-electron chi connectivity index (χ2n) is 4.79. The predicted octanol–water partition coefficient (Wildman–Crippen LogP) is 3.35. The summed E-state index contributed by atoms with van der Waals surface area (Å²) in [6, 6.07) is 0. The largest absolute Gasteiger partial charge is 0.406 e. The maximum Gasteiger partial charge on any atom is 0.406 e. The Morgan fingerprint density at radius 3 is 2.33 bits per heavy atom. The van der Waals surface area contributed by atoms with Crippen molar-refractivity contribution in [3.63, 3.8) is 0 Å². The highest BCUT2D eigenvalue weighted by Crippen LogP contribution is 2.46. The smallest absolute Gasteiger partial charge is 0.304 e. The molecule has 1 fully saturated rings. The highest BCUT2D eigenvalue weighted by molar-refractivity contribution is 5.02. The summed E-state index contributed by atoms with van der Waals surface area (Å²) < 4.78 is 39.4. The summed E-state index contributed by atoms with van der Waals surface area (Å²) >= 11 is 0. The highest BCUT2D eigenvalue weighted by atomic mass is 19.4. The molecule has 90 valence electrons. The molecule has 0 radical (unpaired) electrons. The number of hydrogen-bond acceptors (Lipinski definition) is 1. The summed E-state index contributed by atoms with van der Waals surface area (Å²) in [5, 5.41) is 2.69. The minimum absolute atomic E-state index is 0.155. The van der Waals surface area contributed by atoms with Crippen molar-refractivity contribution in [3.8, 4) is 0 Å². The fourth-order valence-corrected chi connectivity index (χ4v) is 2.69. The van der Waals surface area contributed by atoms with Gasteiger partial charge in [0.15, 0.2) is 0 Å². The Kier molecular flexibility index (Phi) is 3.69. The van der Waals surface area contributed by atoms with Crippen molar-refractivity contribution in [1.29, 1.82) is 0 Å². The van der Waals surface area contributed by atoms with Crippen molar-refractivity contribution in [2.45, 2.75) is 51.7 Å². The average Bonchev–Trinajstić information content (AvgIpc) is 2.10. The average molecular weight is 223 g/mol. The lowest BCUT2D eigenvalue weighted by molar-refractivity contribution is -0.223. The van der Waals surface area contributed by atoms with Crippen LogP contribution in [0.2, 0.25) is 0 Å². The SMILES string of the molecule is CCNC1(C(F)(F)F)CC(C)CCC1C. The first kappa shape index (κ1) is 12.8. The molecule has 1 rings (SSSR count). The van der Waals surface area contributed by atoms with Crippen molar-refractivity contribution in [3.05, 3.63) is 0 Å². The lowest BCUT2D eigenvalue weighted by atomic mass is 9.69. The molecule has 1 aliphatic rings. The molecule has 1 saturated carbocycles. The summed E-state index contributed by atoms with van der Waals surface area (Å²) in [5.74, 6) is -0.171. The van der Waals surface area contributed by atoms with Gasteiger partial charge >= 0.3 is 6.18 Å². The van der Waals surface area contributed by atoms with Crippen LogP contribution in [-0.4, -0.2) is 18.3 Å². The third kappa shape index (κ3) is 2.30. The van der Waals surface area contributed by atoms with Crippen molar-refractivity contribution >= 4 is 0 Å². The maximum absolute atomic E-state index is 13.1. The molecule has 3 atom stereocenters. The molecule has 0 aliphatic heterocycles. The van der Waals surface area contributed by atoms with Gasteiger partial charge in [-0.3, -0.25) is 0 Å². The molecule has 3 unspecified atom stereocenters. The van der Waals surface area contributed by atoms with Crippen molar-refractivity contribution in [2.75, 3.05) is 6.54 Å². The predicted molar refractivity (Wildman–Crippen MR) is 54.6 cm³/mol. The molecular formula is C11H20F3N. The topological polar surface area (TPSA) is 12.0 Å². The minimum Gasteiger partial charge on any atom is -0.304 e. The Labute approximate surface area is 89.4 Å². The van der Waals surface area contributed by atoms with E-state index in [0.29, 0.717) is 13.0 Å². The van der Waals surface area contributed by atoms with E-state index in [2.05, 4.69) is 5.32 Å². The van der Waals surface area contributed by atoms with Crippen LogP contribution in [0.3, 0.4) is 0 Å². The monoisotopic (exact) mass is 223 g/mol. The normalized spacial score (nSPS) is 38.0. The molecule has 0 bridgehead atoms. The summed E-state index contributed by atoms with van der Waals surface area (Å²) in [4.78, 5) is 0. The first-order valence-electron chi connectivity index (χ1n) is 5.65. The molecule has 1 nitrogen and oxygen atoms in total. The quantitative estimate of drug-likeness (QED) is 0.757. The Morgan fingerprint density at radius 1 is 1.27 bits per heavy atom. The number of halogens is 3. The van der Waals surface area contributed by atoms with Gasteiger partial charge in [-0.05, 0) is 31.2 Å². The molecule has 0 aromatic heterocycles. The number of hydrogen-bond donors (Lipinski definition) is 1. The van der Waals surface area contributed by atoms with Crippen molar-refractivity contribution in [1.82, 2.24) is 5.32 Å². The number of alkyl halides is 3. The van der Waals surface area contributed by atoms with E-state index in [1.165, 1.54) is 0 Å². The molecule has 0 heterocycles. The van der Waals surface area contributed by atoms with Crippen LogP contribution in [-0.2, 0) is 0 Å². The molecule has 0 saturated heterocycles. The van der Waals surface area contributed by atoms with E-state index in [9.17, 15) is 13.2 Å². The lowest BCUT2D eigenvalue weighted by Crippen LogP contribution is -2.63. The lowest BCUT2D eigenvalue weighted by Gasteiger charge is -2.46. The van der Waals surface area contributed by atoms with Crippen molar-refractivity contribution in [2.24, 2.45) is 11.8 Å². The molecule has 1 N–H and O–H groups in total. The van der Waals surface area contributed by atoms with Crippen LogP contribution >= 0.6 is 0 Å². The molecule has 15 heavy (non-hydrogen) atoms. The van der Waals surface area contributed by atoms with Gasteiger partial charge in [-0.1, -0.05) is 27.2 Å². The van der Waals surface area contributed by atoms with E-state index in [4.69, 9.17) is 0 Å². The second-order valence-corrected chi connectivity index (χ2v) is 4.79. The van der Waals surface area contributed by atoms with Crippen LogP contribution in [0, 0.1) is 11.8 Å². The number of nitrogens with one attached hydrogen (secondary N) is 1. The molecular weight excluding hydrogens is 203 g/mol. The molecule has 1 aliphatic carbocycles. The first-order valence-corrected chi connectivity index (χ1v) is 5.65. The van der Waals surface area contributed by atoms with Crippen LogP contribution in [0.15, 0.2) is 0 Å². The molecule has 0 aromatic rings. The molecule has 0 spiro atoms. The van der Waals surface area contributed by atoms with Gasteiger partial charge in [-0.15, -0.1) is 0 Å². The zero-order valence-corrected chi connectivity index (χ0v) is 9.62. The van der Waals surface area contributed by atoms with Gasteiger partial charge in [-0.2, -0.15) is 13.2 Å². The zero-order valence-electron chi connectivity index (χ0n) is 9.62. The van der Waals surface area contributed by atoms with E-state index >= 15 is 0 Å². The van der Waals surface area contributed by atoms with E-state index < -0.39 is 11.7 Å². The first-order chi connectivity index (χ1) is 6.83. The van der Waals surface area contributed by atoms with Gasteiger partial charge in [-0.25, -0.2) is 0 Å². The summed E-state index contributed by atoms with van der Waals surface area (Å²) in [5.41, 5.74) is -1.65. The van der Waals surface area contributed by atoms with E-state index in [1.807, 2.05) is 6.92 Å². The Hall–Kier alpha value is -0.250. The zero-order chi connectivity index (χ0) is 11.7. The van der Waals surface area contributed by atoms with E-state index in [1.54, 1.807) is 13.8 Å². The van der Waals surface area contributed by atoms with E-state index in [0.717, 1.165) is 6.42 Å². The standard InChI is InChI=1S/C11H20F3N/c1-4-15-10(11(12,13)14)7-8(2)5-6-9(10)3/h8-9,15H,4-7H2,1-3H3. The fourth-order valence-electron chi connectivity index (χ4n) is 2.69. The third-order valence-electron chi connectivity index (χ3n) is 3.60. The molecule has 0 aromatic carbocycles. The Balaban J connectivity index is 2.96. The van der Waals surface area contributed by atoms with Gasteiger partial charge in [0.1, 0.15) is 5.54 Å². The number of rotatable bonds is 2. The van der Waals surface area contributed by atoms with E-state index in [-0.39, 0.29) is 18.3 Å². The fraction of sp³-hybridized carbons (Fsp3) is 1.00. The Morgan fingerprint density at radius 2 is 1.87 bits per heavy atom. The third-order valence-corrected chi connectivity index (χ3v) is 3.60. The molecule has 4 heteroatoms. The van der Waals surface area contributed by atoms with Gasteiger partial charge in [0.2, 0.25) is 0 Å². The van der Waals surface area contributed by atoms with Crippen LogP contribution in [0.25, 0.3) is 0 Å². The van der Waals surface area contributed by atoms with Gasteiger partial charge in [0.05, 0.1) is 0 Å². The maximum atomic E-state index is 13.1. The summed E-state index contributed by atoms with van der Waals surface area (Å²) in [6.45, 7) is 5.72. The Bertz CT molecular complexity index is 214. The highest BCUT2D eigenvalue weighted by Gasteiger charge is 2.58. The second kappa shape index (κ2) is 4.32. The summed E-state index contributed by atoms with van der Waals surface area (Å²) in [7, 11) is 0. The van der Waals surface area contributed by atoms with Gasteiger partial charge in [0.25, 0.3) is 0 Å².